The number of hydrogen-bond acceptors (Lipinski definition) is 2. The van der Waals surface area contributed by atoms with Crippen molar-refractivity contribution in [3.05, 3.63) is 0 Å². The van der Waals surface area contributed by atoms with Crippen molar-refractivity contribution in [3.63, 3.8) is 0 Å². The molecule has 0 aromatic rings. The molecule has 3 aliphatic rings. The molecule has 3 heteroatoms. The molecule has 2 bridgehead atoms. The molecular formula is C17H30N2O. The van der Waals surface area contributed by atoms with Crippen molar-refractivity contribution in [1.82, 2.24) is 5.32 Å². The zero-order valence-electron chi connectivity index (χ0n) is 12.8. The highest BCUT2D eigenvalue weighted by Gasteiger charge is 2.49. The Morgan fingerprint density at radius 2 is 1.70 bits per heavy atom. The van der Waals surface area contributed by atoms with Gasteiger partial charge in [-0.05, 0) is 55.8 Å². The Hall–Kier alpha value is -0.570. The summed E-state index contributed by atoms with van der Waals surface area (Å²) >= 11 is 0. The first kappa shape index (κ1) is 14.4. The summed E-state index contributed by atoms with van der Waals surface area (Å²) in [6, 6.07) is 0.129. The molecule has 0 spiro atoms. The Balaban J connectivity index is 1.44. The van der Waals surface area contributed by atoms with Gasteiger partial charge in [-0.1, -0.05) is 26.2 Å². The van der Waals surface area contributed by atoms with E-state index >= 15 is 0 Å². The number of fused-ring (bicyclic) bond motifs is 2. The minimum atomic E-state index is 0.112. The average molecular weight is 278 g/mol. The van der Waals surface area contributed by atoms with Crippen molar-refractivity contribution in [2.24, 2.45) is 35.3 Å². The van der Waals surface area contributed by atoms with Crippen molar-refractivity contribution < 1.29 is 4.79 Å². The summed E-state index contributed by atoms with van der Waals surface area (Å²) in [5.41, 5.74) is 6.25. The van der Waals surface area contributed by atoms with E-state index in [0.717, 1.165) is 12.5 Å². The Morgan fingerprint density at radius 1 is 1.05 bits per heavy atom. The zero-order chi connectivity index (χ0) is 14.1. The molecule has 3 rings (SSSR count). The van der Waals surface area contributed by atoms with E-state index in [1.165, 1.54) is 51.4 Å². The fraction of sp³-hybridized carbons (Fsp3) is 0.941. The topological polar surface area (TPSA) is 55.1 Å². The summed E-state index contributed by atoms with van der Waals surface area (Å²) in [7, 11) is 0. The van der Waals surface area contributed by atoms with Gasteiger partial charge in [0, 0.05) is 12.6 Å². The lowest BCUT2D eigenvalue weighted by molar-refractivity contribution is -0.127. The molecule has 0 aromatic carbocycles. The van der Waals surface area contributed by atoms with E-state index < -0.39 is 0 Å². The molecule has 114 valence electrons. The van der Waals surface area contributed by atoms with Crippen molar-refractivity contribution >= 4 is 5.91 Å². The van der Waals surface area contributed by atoms with E-state index in [9.17, 15) is 4.79 Å². The first-order chi connectivity index (χ1) is 9.69. The van der Waals surface area contributed by atoms with E-state index in [1.54, 1.807) is 0 Å². The molecule has 3 nitrogen and oxygen atoms in total. The molecule has 3 aliphatic carbocycles. The molecule has 0 saturated heterocycles. The van der Waals surface area contributed by atoms with Crippen LogP contribution in [0, 0.1) is 29.6 Å². The van der Waals surface area contributed by atoms with Gasteiger partial charge in [0.1, 0.15) is 0 Å². The molecule has 4 unspecified atom stereocenters. The van der Waals surface area contributed by atoms with E-state index in [-0.39, 0.29) is 17.9 Å². The maximum absolute atomic E-state index is 12.4. The number of nitrogens with one attached hydrogen (secondary N) is 1. The Bertz CT molecular complexity index is 347. The zero-order valence-corrected chi connectivity index (χ0v) is 12.8. The summed E-state index contributed by atoms with van der Waals surface area (Å²) in [5, 5.41) is 3.22. The SMILES string of the molecule is CCC1CCC(CNC(=O)C2C3CCC(C3)C2N)CC1. The highest BCUT2D eigenvalue weighted by molar-refractivity contribution is 5.80. The lowest BCUT2D eigenvalue weighted by Crippen LogP contribution is -2.46. The summed E-state index contributed by atoms with van der Waals surface area (Å²) in [5.74, 6) is 3.20. The molecule has 4 atom stereocenters. The molecule has 0 heterocycles. The van der Waals surface area contributed by atoms with Gasteiger partial charge in [0.05, 0.1) is 5.92 Å². The van der Waals surface area contributed by atoms with Crippen LogP contribution in [-0.2, 0) is 4.79 Å². The number of hydrogen-bond donors (Lipinski definition) is 2. The van der Waals surface area contributed by atoms with Crippen molar-refractivity contribution in [3.8, 4) is 0 Å². The Labute approximate surface area is 123 Å². The first-order valence-electron chi connectivity index (χ1n) is 8.72. The summed E-state index contributed by atoms with van der Waals surface area (Å²) in [4.78, 5) is 12.4. The van der Waals surface area contributed by atoms with Crippen LogP contribution in [0.4, 0.5) is 0 Å². The van der Waals surface area contributed by atoms with Gasteiger partial charge in [0.25, 0.3) is 0 Å². The van der Waals surface area contributed by atoms with E-state index in [2.05, 4.69) is 12.2 Å². The summed E-state index contributed by atoms with van der Waals surface area (Å²) < 4.78 is 0. The maximum atomic E-state index is 12.4. The van der Waals surface area contributed by atoms with Crippen LogP contribution < -0.4 is 11.1 Å². The van der Waals surface area contributed by atoms with Gasteiger partial charge in [-0.3, -0.25) is 4.79 Å². The van der Waals surface area contributed by atoms with Gasteiger partial charge in [-0.25, -0.2) is 0 Å². The van der Waals surface area contributed by atoms with Gasteiger partial charge in [0.15, 0.2) is 0 Å². The molecule has 1 amide bonds. The Morgan fingerprint density at radius 3 is 2.30 bits per heavy atom. The van der Waals surface area contributed by atoms with Crippen LogP contribution in [0.25, 0.3) is 0 Å². The number of nitrogens with two attached hydrogens (primary N) is 1. The third-order valence-electron chi connectivity index (χ3n) is 6.39. The normalized spacial score (nSPS) is 43.7. The van der Waals surface area contributed by atoms with Crippen LogP contribution in [0.5, 0.6) is 0 Å². The molecule has 20 heavy (non-hydrogen) atoms. The van der Waals surface area contributed by atoms with Crippen LogP contribution in [0.2, 0.25) is 0 Å². The maximum Gasteiger partial charge on any atom is 0.224 e. The average Bonchev–Trinajstić information content (AvgIpc) is 3.06. The van der Waals surface area contributed by atoms with Crippen LogP contribution in [0.3, 0.4) is 0 Å². The standard InChI is InChI=1S/C17H30N2O/c1-2-11-3-5-12(6-4-11)10-19-17(20)15-13-7-8-14(9-13)16(15)18/h11-16H,2-10,18H2,1H3,(H,19,20). The monoisotopic (exact) mass is 278 g/mol. The smallest absolute Gasteiger partial charge is 0.224 e. The number of amides is 1. The minimum absolute atomic E-state index is 0.112. The van der Waals surface area contributed by atoms with E-state index in [1.807, 2.05) is 0 Å². The summed E-state index contributed by atoms with van der Waals surface area (Å²) in [6.45, 7) is 3.18. The van der Waals surface area contributed by atoms with Gasteiger partial charge in [0.2, 0.25) is 5.91 Å². The van der Waals surface area contributed by atoms with Gasteiger partial charge in [-0.15, -0.1) is 0 Å². The largest absolute Gasteiger partial charge is 0.356 e. The number of carbonyl (C=O) groups is 1. The van der Waals surface area contributed by atoms with Crippen LogP contribution in [0.1, 0.15) is 58.3 Å². The van der Waals surface area contributed by atoms with Gasteiger partial charge in [-0.2, -0.15) is 0 Å². The highest BCUT2D eigenvalue weighted by atomic mass is 16.1. The van der Waals surface area contributed by atoms with E-state index in [0.29, 0.717) is 17.8 Å². The molecule has 3 N–H and O–H groups in total. The van der Waals surface area contributed by atoms with Gasteiger partial charge >= 0.3 is 0 Å². The van der Waals surface area contributed by atoms with Crippen molar-refractivity contribution in [2.45, 2.75) is 64.3 Å². The van der Waals surface area contributed by atoms with Crippen molar-refractivity contribution in [2.75, 3.05) is 6.54 Å². The van der Waals surface area contributed by atoms with Crippen LogP contribution in [-0.4, -0.2) is 18.5 Å². The molecule has 3 fully saturated rings. The van der Waals surface area contributed by atoms with Gasteiger partial charge < -0.3 is 11.1 Å². The van der Waals surface area contributed by atoms with E-state index in [4.69, 9.17) is 5.73 Å². The quantitative estimate of drug-likeness (QED) is 0.830. The highest BCUT2D eigenvalue weighted by Crippen LogP contribution is 2.47. The second kappa shape index (κ2) is 6.05. The summed E-state index contributed by atoms with van der Waals surface area (Å²) in [6.07, 6.45) is 10.3. The fourth-order valence-electron chi connectivity index (χ4n) is 4.93. The lowest BCUT2D eigenvalue weighted by atomic mass is 9.80. The molecule has 0 aliphatic heterocycles. The predicted molar refractivity (Wildman–Crippen MR) is 81.0 cm³/mol. The van der Waals surface area contributed by atoms with Crippen molar-refractivity contribution in [1.29, 1.82) is 0 Å². The predicted octanol–water partition coefficient (Wildman–Crippen LogP) is 2.69. The molecular weight excluding hydrogens is 248 g/mol. The second-order valence-electron chi connectivity index (χ2n) is 7.48. The second-order valence-corrected chi connectivity index (χ2v) is 7.48. The number of carbonyl (C=O) groups excluding carboxylic acids is 1. The third kappa shape index (κ3) is 2.74. The lowest BCUT2D eigenvalue weighted by Gasteiger charge is -2.30. The molecule has 3 saturated carbocycles. The molecule has 0 radical (unpaired) electrons. The van der Waals surface area contributed by atoms with Crippen LogP contribution in [0.15, 0.2) is 0 Å². The fourth-order valence-corrected chi connectivity index (χ4v) is 4.93. The first-order valence-corrected chi connectivity index (χ1v) is 8.72. The minimum Gasteiger partial charge on any atom is -0.356 e. The Kier molecular flexibility index (Phi) is 4.34. The van der Waals surface area contributed by atoms with Crippen LogP contribution >= 0.6 is 0 Å². The third-order valence-corrected chi connectivity index (χ3v) is 6.39. The molecule has 0 aromatic heterocycles. The number of rotatable bonds is 4.